The first kappa shape index (κ1) is 12.7. The summed E-state index contributed by atoms with van der Waals surface area (Å²) in [6, 6.07) is 5.15. The average Bonchev–Trinajstić information content (AvgIpc) is 2.40. The zero-order chi connectivity index (χ0) is 13.0. The van der Waals surface area contributed by atoms with E-state index in [0.29, 0.717) is 17.1 Å². The van der Waals surface area contributed by atoms with Gasteiger partial charge in [0.1, 0.15) is 5.75 Å². The van der Waals surface area contributed by atoms with Gasteiger partial charge in [-0.1, -0.05) is 6.42 Å². The lowest BCUT2D eigenvalue weighted by atomic mass is 10.0. The number of rotatable bonds is 3. The molecule has 1 fully saturated rings. The summed E-state index contributed by atoms with van der Waals surface area (Å²) < 4.78 is 5.07. The highest BCUT2D eigenvalue weighted by atomic mass is 16.5. The smallest absolute Gasteiger partial charge is 0.241 e. The average molecular weight is 249 g/mol. The lowest BCUT2D eigenvalue weighted by Crippen LogP contribution is -2.43. The molecule has 5 heteroatoms. The maximum absolute atomic E-state index is 12.0. The van der Waals surface area contributed by atoms with E-state index in [-0.39, 0.29) is 11.9 Å². The molecule has 0 bridgehead atoms. The summed E-state index contributed by atoms with van der Waals surface area (Å²) in [6.07, 6.45) is 3.12. The van der Waals surface area contributed by atoms with Gasteiger partial charge in [-0.2, -0.15) is 0 Å². The van der Waals surface area contributed by atoms with Crippen molar-refractivity contribution in [1.29, 1.82) is 0 Å². The van der Waals surface area contributed by atoms with Crippen LogP contribution in [0.1, 0.15) is 19.3 Å². The molecule has 0 aliphatic carbocycles. The molecule has 0 saturated carbocycles. The highest BCUT2D eigenvalue weighted by molar-refractivity contribution is 5.95. The lowest BCUT2D eigenvalue weighted by molar-refractivity contribution is -0.118. The number of carbonyl (C=O) groups excluding carboxylic acids is 1. The van der Waals surface area contributed by atoms with Gasteiger partial charge >= 0.3 is 0 Å². The van der Waals surface area contributed by atoms with Gasteiger partial charge in [-0.25, -0.2) is 0 Å². The zero-order valence-corrected chi connectivity index (χ0v) is 10.5. The van der Waals surface area contributed by atoms with Crippen molar-refractivity contribution in [2.24, 2.45) is 0 Å². The predicted molar refractivity (Wildman–Crippen MR) is 71.7 cm³/mol. The fraction of sp³-hybridized carbons (Fsp3) is 0.462. The molecule has 0 radical (unpaired) electrons. The van der Waals surface area contributed by atoms with Crippen LogP contribution in [-0.4, -0.2) is 25.6 Å². The van der Waals surface area contributed by atoms with Gasteiger partial charge in [0.2, 0.25) is 5.91 Å². The third-order valence-corrected chi connectivity index (χ3v) is 3.12. The molecule has 1 aliphatic rings. The van der Waals surface area contributed by atoms with Gasteiger partial charge in [-0.15, -0.1) is 0 Å². The Morgan fingerprint density at radius 3 is 2.94 bits per heavy atom. The van der Waals surface area contributed by atoms with Crippen LogP contribution < -0.4 is 21.1 Å². The molecule has 1 aromatic rings. The summed E-state index contributed by atoms with van der Waals surface area (Å²) in [5.41, 5.74) is 7.01. The third kappa shape index (κ3) is 2.92. The number of carbonyl (C=O) groups is 1. The standard InChI is InChI=1S/C13H19N3O2/c1-18-12-6-5-9(8-10(12)14)16-13(17)11-4-2-3-7-15-11/h5-6,8,11,15H,2-4,7,14H2,1H3,(H,16,17). The van der Waals surface area contributed by atoms with Crippen molar-refractivity contribution in [3.63, 3.8) is 0 Å². The first-order valence-corrected chi connectivity index (χ1v) is 6.18. The molecule has 1 amide bonds. The Hall–Kier alpha value is -1.75. The van der Waals surface area contributed by atoms with Gasteiger partial charge in [0.15, 0.2) is 0 Å². The number of amides is 1. The molecule has 1 unspecified atom stereocenters. The molecular weight excluding hydrogens is 230 g/mol. The molecule has 98 valence electrons. The van der Waals surface area contributed by atoms with Gasteiger partial charge in [0.25, 0.3) is 0 Å². The van der Waals surface area contributed by atoms with Crippen molar-refractivity contribution < 1.29 is 9.53 Å². The van der Waals surface area contributed by atoms with Gasteiger partial charge in [-0.3, -0.25) is 4.79 Å². The van der Waals surface area contributed by atoms with Gasteiger partial charge < -0.3 is 21.1 Å². The van der Waals surface area contributed by atoms with E-state index in [0.717, 1.165) is 25.8 Å². The van der Waals surface area contributed by atoms with Crippen LogP contribution in [0.5, 0.6) is 5.75 Å². The molecule has 1 heterocycles. The van der Waals surface area contributed by atoms with E-state index >= 15 is 0 Å². The molecule has 1 atom stereocenters. The minimum atomic E-state index is -0.0953. The van der Waals surface area contributed by atoms with Crippen molar-refractivity contribution >= 4 is 17.3 Å². The summed E-state index contributed by atoms with van der Waals surface area (Å²) in [6.45, 7) is 0.906. The summed E-state index contributed by atoms with van der Waals surface area (Å²) in [5, 5.41) is 6.08. The first-order valence-electron chi connectivity index (χ1n) is 6.18. The molecule has 1 saturated heterocycles. The van der Waals surface area contributed by atoms with E-state index in [2.05, 4.69) is 10.6 Å². The summed E-state index contributed by atoms with van der Waals surface area (Å²) in [7, 11) is 1.57. The van der Waals surface area contributed by atoms with Gasteiger partial charge in [0.05, 0.1) is 18.8 Å². The number of ether oxygens (including phenoxy) is 1. The Morgan fingerprint density at radius 2 is 2.33 bits per heavy atom. The quantitative estimate of drug-likeness (QED) is 0.707. The molecular formula is C13H19N3O2. The molecule has 1 aromatic carbocycles. The Morgan fingerprint density at radius 1 is 1.50 bits per heavy atom. The normalized spacial score (nSPS) is 19.3. The van der Waals surface area contributed by atoms with Crippen LogP contribution in [0.3, 0.4) is 0 Å². The fourth-order valence-corrected chi connectivity index (χ4v) is 2.12. The number of hydrogen-bond donors (Lipinski definition) is 3. The van der Waals surface area contributed by atoms with Crippen LogP contribution in [0, 0.1) is 0 Å². The van der Waals surface area contributed by atoms with Crippen LogP contribution in [0.2, 0.25) is 0 Å². The molecule has 4 N–H and O–H groups in total. The van der Waals surface area contributed by atoms with Gasteiger partial charge in [0, 0.05) is 5.69 Å². The molecule has 18 heavy (non-hydrogen) atoms. The lowest BCUT2D eigenvalue weighted by Gasteiger charge is -2.22. The third-order valence-electron chi connectivity index (χ3n) is 3.12. The topological polar surface area (TPSA) is 76.4 Å². The predicted octanol–water partition coefficient (Wildman–Crippen LogP) is 1.36. The molecule has 2 rings (SSSR count). The van der Waals surface area contributed by atoms with E-state index in [1.807, 2.05) is 0 Å². The minimum Gasteiger partial charge on any atom is -0.495 e. The molecule has 1 aliphatic heterocycles. The van der Waals surface area contributed by atoms with Crippen molar-refractivity contribution in [2.75, 3.05) is 24.7 Å². The highest BCUT2D eigenvalue weighted by Crippen LogP contribution is 2.24. The fourth-order valence-electron chi connectivity index (χ4n) is 2.12. The minimum absolute atomic E-state index is 0.000679. The highest BCUT2D eigenvalue weighted by Gasteiger charge is 2.20. The van der Waals surface area contributed by atoms with Crippen LogP contribution in [0.15, 0.2) is 18.2 Å². The SMILES string of the molecule is COc1ccc(NC(=O)C2CCCCN2)cc1N. The molecule has 0 aromatic heterocycles. The molecule has 0 spiro atoms. The van der Waals surface area contributed by atoms with Crippen molar-refractivity contribution in [3.8, 4) is 5.75 Å². The summed E-state index contributed by atoms with van der Waals surface area (Å²) in [4.78, 5) is 12.0. The van der Waals surface area contributed by atoms with E-state index < -0.39 is 0 Å². The van der Waals surface area contributed by atoms with E-state index in [1.54, 1.807) is 25.3 Å². The number of methoxy groups -OCH3 is 1. The summed E-state index contributed by atoms with van der Waals surface area (Å²) >= 11 is 0. The number of nitrogens with two attached hydrogens (primary N) is 1. The zero-order valence-electron chi connectivity index (χ0n) is 10.5. The second kappa shape index (κ2) is 5.73. The Labute approximate surface area is 107 Å². The monoisotopic (exact) mass is 249 g/mol. The number of anilines is 2. The van der Waals surface area contributed by atoms with E-state index in [1.165, 1.54) is 0 Å². The van der Waals surface area contributed by atoms with Crippen LogP contribution in [-0.2, 0) is 4.79 Å². The van der Waals surface area contributed by atoms with Crippen molar-refractivity contribution in [3.05, 3.63) is 18.2 Å². The largest absolute Gasteiger partial charge is 0.495 e. The second-order valence-corrected chi connectivity index (χ2v) is 4.45. The number of nitrogen functional groups attached to an aromatic ring is 1. The van der Waals surface area contributed by atoms with Gasteiger partial charge in [-0.05, 0) is 37.6 Å². The second-order valence-electron chi connectivity index (χ2n) is 4.45. The Balaban J connectivity index is 2.00. The number of hydrogen-bond acceptors (Lipinski definition) is 4. The number of piperidine rings is 1. The number of benzene rings is 1. The maximum Gasteiger partial charge on any atom is 0.241 e. The van der Waals surface area contributed by atoms with Crippen molar-refractivity contribution in [2.45, 2.75) is 25.3 Å². The van der Waals surface area contributed by atoms with Crippen LogP contribution in [0.4, 0.5) is 11.4 Å². The van der Waals surface area contributed by atoms with E-state index in [9.17, 15) is 4.79 Å². The van der Waals surface area contributed by atoms with Crippen LogP contribution >= 0.6 is 0 Å². The van der Waals surface area contributed by atoms with Crippen LogP contribution in [0.25, 0.3) is 0 Å². The maximum atomic E-state index is 12.0. The molecule has 5 nitrogen and oxygen atoms in total. The Kier molecular flexibility index (Phi) is 4.04. The Bertz CT molecular complexity index is 428. The van der Waals surface area contributed by atoms with E-state index in [4.69, 9.17) is 10.5 Å². The van der Waals surface area contributed by atoms with Crippen molar-refractivity contribution in [1.82, 2.24) is 5.32 Å². The first-order chi connectivity index (χ1) is 8.70. The summed E-state index contributed by atoms with van der Waals surface area (Å²) in [5.74, 6) is 0.614. The number of nitrogens with one attached hydrogen (secondary N) is 2.